The van der Waals surface area contributed by atoms with E-state index in [4.69, 9.17) is 9.97 Å². The summed E-state index contributed by atoms with van der Waals surface area (Å²) in [6.07, 6.45) is 1.92. The topological polar surface area (TPSA) is 58.1 Å². The maximum absolute atomic E-state index is 11.2. The normalized spacial score (nSPS) is 17.0. The zero-order chi connectivity index (χ0) is 18.1. The molecule has 1 aromatic rings. The molecule has 0 radical (unpaired) electrons. The molecule has 0 saturated carbocycles. The first-order valence-corrected chi connectivity index (χ1v) is 8.89. The zero-order valence-electron chi connectivity index (χ0n) is 16.2. The van der Waals surface area contributed by atoms with Gasteiger partial charge in [0.25, 0.3) is 0 Å². The molecule has 1 saturated heterocycles. The third-order valence-electron chi connectivity index (χ3n) is 4.38. The lowest BCUT2D eigenvalue weighted by atomic mass is 9.90. The Balaban J connectivity index is 2.25. The van der Waals surface area contributed by atoms with E-state index in [1.165, 1.54) is 0 Å². The molecule has 1 aliphatic heterocycles. The van der Waals surface area contributed by atoms with Gasteiger partial charge in [0.2, 0.25) is 5.91 Å². The van der Waals surface area contributed by atoms with Gasteiger partial charge in [-0.1, -0.05) is 41.5 Å². The summed E-state index contributed by atoms with van der Waals surface area (Å²) < 4.78 is 0. The second-order valence-corrected chi connectivity index (χ2v) is 8.90. The first kappa shape index (κ1) is 18.7. The molecular formula is C19H32N4O. The Hall–Kier alpha value is -1.65. The lowest BCUT2D eigenvalue weighted by Crippen LogP contribution is -2.44. The van der Waals surface area contributed by atoms with Gasteiger partial charge >= 0.3 is 0 Å². The third kappa shape index (κ3) is 4.68. The molecule has 0 aliphatic carbocycles. The van der Waals surface area contributed by atoms with E-state index in [1.807, 2.05) is 0 Å². The van der Waals surface area contributed by atoms with Crippen LogP contribution in [0.3, 0.4) is 0 Å². The minimum absolute atomic E-state index is 0.00774. The van der Waals surface area contributed by atoms with Gasteiger partial charge in [-0.25, -0.2) is 9.97 Å². The summed E-state index contributed by atoms with van der Waals surface area (Å²) in [5.74, 6) is 1.97. The van der Waals surface area contributed by atoms with Crippen LogP contribution in [0.25, 0.3) is 0 Å². The van der Waals surface area contributed by atoms with Crippen molar-refractivity contribution in [3.63, 3.8) is 0 Å². The van der Waals surface area contributed by atoms with Crippen LogP contribution in [-0.2, 0) is 15.6 Å². The highest BCUT2D eigenvalue weighted by Crippen LogP contribution is 2.29. The Morgan fingerprint density at radius 2 is 1.67 bits per heavy atom. The van der Waals surface area contributed by atoms with Gasteiger partial charge < -0.3 is 10.2 Å². The highest BCUT2D eigenvalue weighted by Gasteiger charge is 2.27. The van der Waals surface area contributed by atoms with Crippen molar-refractivity contribution in [2.75, 3.05) is 18.0 Å². The van der Waals surface area contributed by atoms with E-state index in [0.29, 0.717) is 0 Å². The summed E-state index contributed by atoms with van der Waals surface area (Å²) >= 11 is 0. The quantitative estimate of drug-likeness (QED) is 0.904. The smallest absolute Gasteiger partial charge is 0.217 e. The van der Waals surface area contributed by atoms with Crippen molar-refractivity contribution in [2.45, 2.75) is 78.2 Å². The number of piperidine rings is 1. The van der Waals surface area contributed by atoms with Crippen molar-refractivity contribution in [3.8, 4) is 0 Å². The van der Waals surface area contributed by atoms with Gasteiger partial charge in [-0.3, -0.25) is 4.79 Å². The number of nitrogens with zero attached hydrogens (tertiary/aromatic N) is 3. The lowest BCUT2D eigenvalue weighted by molar-refractivity contribution is -0.119. The molecule has 0 atom stereocenters. The average Bonchev–Trinajstić information content (AvgIpc) is 2.45. The molecule has 0 bridgehead atoms. The van der Waals surface area contributed by atoms with Crippen molar-refractivity contribution in [3.05, 3.63) is 17.6 Å². The number of hydrogen-bond donors (Lipinski definition) is 1. The van der Waals surface area contributed by atoms with Crippen LogP contribution in [0.5, 0.6) is 0 Å². The molecule has 1 fully saturated rings. The number of nitrogens with one attached hydrogen (secondary N) is 1. The molecular weight excluding hydrogens is 300 g/mol. The predicted molar refractivity (Wildman–Crippen MR) is 98.5 cm³/mol. The average molecular weight is 332 g/mol. The standard InChI is InChI=1S/C19H32N4O/c1-13(24)20-14-8-10-23(11-9-14)16-12-15(18(2,3)4)21-17(22-16)19(5,6)7/h12,14H,8-11H2,1-7H3,(H,20,24). The minimum Gasteiger partial charge on any atom is -0.356 e. The molecule has 5 heteroatoms. The number of hydrogen-bond acceptors (Lipinski definition) is 4. The Labute approximate surface area is 146 Å². The van der Waals surface area contributed by atoms with Crippen LogP contribution in [0.4, 0.5) is 5.82 Å². The molecule has 0 unspecified atom stereocenters. The summed E-state index contributed by atoms with van der Waals surface area (Å²) in [4.78, 5) is 23.2. The van der Waals surface area contributed by atoms with Crippen molar-refractivity contribution in [2.24, 2.45) is 0 Å². The summed E-state index contributed by atoms with van der Waals surface area (Å²) in [5, 5.41) is 3.03. The maximum Gasteiger partial charge on any atom is 0.217 e. The molecule has 134 valence electrons. The Morgan fingerprint density at radius 3 is 2.12 bits per heavy atom. The van der Waals surface area contributed by atoms with Crippen LogP contribution in [0.2, 0.25) is 0 Å². The summed E-state index contributed by atoms with van der Waals surface area (Å²) in [7, 11) is 0. The molecule has 1 amide bonds. The van der Waals surface area contributed by atoms with Gasteiger partial charge in [0.05, 0.1) is 5.69 Å². The maximum atomic E-state index is 11.2. The highest BCUT2D eigenvalue weighted by atomic mass is 16.1. The lowest BCUT2D eigenvalue weighted by Gasteiger charge is -2.34. The molecule has 1 N–H and O–H groups in total. The monoisotopic (exact) mass is 332 g/mol. The van der Waals surface area contributed by atoms with E-state index < -0.39 is 0 Å². The summed E-state index contributed by atoms with van der Waals surface area (Å²) in [6.45, 7) is 16.4. The number of aromatic nitrogens is 2. The number of carbonyl (C=O) groups is 1. The molecule has 1 aromatic heterocycles. The first-order valence-electron chi connectivity index (χ1n) is 8.89. The first-order chi connectivity index (χ1) is 11.0. The van der Waals surface area contributed by atoms with Crippen molar-refractivity contribution < 1.29 is 4.79 Å². The van der Waals surface area contributed by atoms with E-state index in [2.05, 4.69) is 57.8 Å². The van der Waals surface area contributed by atoms with Gasteiger partial charge in [-0.2, -0.15) is 0 Å². The molecule has 2 rings (SSSR count). The summed E-state index contributed by atoms with van der Waals surface area (Å²) in [5.41, 5.74) is 0.998. The van der Waals surface area contributed by atoms with Crippen LogP contribution in [0.1, 0.15) is 72.8 Å². The third-order valence-corrected chi connectivity index (χ3v) is 4.38. The van der Waals surface area contributed by atoms with Crippen LogP contribution < -0.4 is 10.2 Å². The summed E-state index contributed by atoms with van der Waals surface area (Å²) in [6, 6.07) is 2.42. The second kappa shape index (κ2) is 6.69. The second-order valence-electron chi connectivity index (χ2n) is 8.90. The van der Waals surface area contributed by atoms with E-state index in [-0.39, 0.29) is 22.8 Å². The van der Waals surface area contributed by atoms with Gasteiger partial charge in [0, 0.05) is 43.0 Å². The van der Waals surface area contributed by atoms with E-state index in [0.717, 1.165) is 43.3 Å². The number of anilines is 1. The molecule has 5 nitrogen and oxygen atoms in total. The fraction of sp³-hybridized carbons (Fsp3) is 0.737. The fourth-order valence-electron chi connectivity index (χ4n) is 2.86. The highest BCUT2D eigenvalue weighted by molar-refractivity contribution is 5.73. The van der Waals surface area contributed by atoms with Crippen LogP contribution >= 0.6 is 0 Å². The van der Waals surface area contributed by atoms with Gasteiger partial charge in [-0.15, -0.1) is 0 Å². The largest absolute Gasteiger partial charge is 0.356 e. The fourth-order valence-corrected chi connectivity index (χ4v) is 2.86. The molecule has 2 heterocycles. The Bertz CT molecular complexity index is 558. The van der Waals surface area contributed by atoms with E-state index in [1.54, 1.807) is 6.92 Å². The van der Waals surface area contributed by atoms with Crippen LogP contribution in [0.15, 0.2) is 6.07 Å². The number of amides is 1. The van der Waals surface area contributed by atoms with Gasteiger partial charge in [-0.05, 0) is 12.8 Å². The molecule has 24 heavy (non-hydrogen) atoms. The number of rotatable bonds is 2. The van der Waals surface area contributed by atoms with E-state index >= 15 is 0 Å². The molecule has 0 spiro atoms. The number of carbonyl (C=O) groups excluding carboxylic acids is 1. The van der Waals surface area contributed by atoms with Crippen molar-refractivity contribution >= 4 is 11.7 Å². The SMILES string of the molecule is CC(=O)NC1CCN(c2cc(C(C)(C)C)nc(C(C)(C)C)n2)CC1. The Kier molecular flexibility index (Phi) is 5.21. The zero-order valence-corrected chi connectivity index (χ0v) is 16.2. The molecule has 1 aliphatic rings. The van der Waals surface area contributed by atoms with Crippen LogP contribution in [-0.4, -0.2) is 35.0 Å². The van der Waals surface area contributed by atoms with Crippen LogP contribution in [0, 0.1) is 0 Å². The van der Waals surface area contributed by atoms with Crippen molar-refractivity contribution in [1.82, 2.24) is 15.3 Å². The van der Waals surface area contributed by atoms with Gasteiger partial charge in [0.15, 0.2) is 0 Å². The van der Waals surface area contributed by atoms with Crippen molar-refractivity contribution in [1.29, 1.82) is 0 Å². The predicted octanol–water partition coefficient (Wildman–Crippen LogP) is 3.18. The Morgan fingerprint density at radius 1 is 1.08 bits per heavy atom. The van der Waals surface area contributed by atoms with Gasteiger partial charge in [0.1, 0.15) is 11.6 Å². The molecule has 0 aromatic carbocycles. The minimum atomic E-state index is -0.0789. The van der Waals surface area contributed by atoms with E-state index in [9.17, 15) is 4.79 Å².